The van der Waals surface area contributed by atoms with Crippen molar-refractivity contribution in [2.24, 2.45) is 0 Å². The molecule has 2 bridgehead atoms. The summed E-state index contributed by atoms with van der Waals surface area (Å²) in [6.07, 6.45) is 3.60. The molecule has 0 N–H and O–H groups in total. The average molecular weight is 250 g/mol. The summed E-state index contributed by atoms with van der Waals surface area (Å²) in [6.45, 7) is 9.51. The molecule has 0 amide bonds. The first-order chi connectivity index (χ1) is 8.74. The van der Waals surface area contributed by atoms with Gasteiger partial charge in [-0.15, -0.1) is 0 Å². The van der Waals surface area contributed by atoms with Crippen molar-refractivity contribution in [3.05, 3.63) is 24.2 Å². The number of piperazine rings is 1. The molecule has 100 valence electrons. The van der Waals surface area contributed by atoms with Crippen molar-refractivity contribution in [2.45, 2.75) is 38.5 Å². The number of ether oxygens (including phenoxy) is 1. The van der Waals surface area contributed by atoms with Crippen LogP contribution in [0, 0.1) is 0 Å². The lowest BCUT2D eigenvalue weighted by Crippen LogP contribution is -2.65. The Kier molecular flexibility index (Phi) is 3.41. The Bertz CT molecular complexity index is 363. The van der Waals surface area contributed by atoms with E-state index in [0.29, 0.717) is 18.1 Å². The van der Waals surface area contributed by atoms with Gasteiger partial charge >= 0.3 is 0 Å². The quantitative estimate of drug-likeness (QED) is 0.814. The van der Waals surface area contributed by atoms with Crippen LogP contribution in [-0.4, -0.2) is 54.2 Å². The van der Waals surface area contributed by atoms with E-state index >= 15 is 0 Å². The Labute approximate surface area is 108 Å². The predicted molar refractivity (Wildman–Crippen MR) is 69.4 cm³/mol. The lowest BCUT2D eigenvalue weighted by Gasteiger charge is -2.51. The van der Waals surface area contributed by atoms with Crippen LogP contribution in [0.25, 0.3) is 0 Å². The van der Waals surface area contributed by atoms with Crippen molar-refractivity contribution in [1.29, 1.82) is 0 Å². The Hall–Kier alpha value is -0.840. The summed E-state index contributed by atoms with van der Waals surface area (Å²) in [5.74, 6) is 0. The number of rotatable bonds is 3. The second-order valence-corrected chi connectivity index (χ2v) is 5.71. The molecule has 0 saturated carbocycles. The maximum absolute atomic E-state index is 5.71. The largest absolute Gasteiger partial charge is 0.472 e. The lowest BCUT2D eigenvalue weighted by molar-refractivity contribution is -0.111. The van der Waals surface area contributed by atoms with E-state index < -0.39 is 0 Å². The monoisotopic (exact) mass is 250 g/mol. The molecule has 4 heteroatoms. The van der Waals surface area contributed by atoms with E-state index in [4.69, 9.17) is 9.15 Å². The number of morpholine rings is 1. The van der Waals surface area contributed by atoms with E-state index in [1.54, 1.807) is 6.26 Å². The van der Waals surface area contributed by atoms with E-state index in [9.17, 15) is 0 Å². The predicted octanol–water partition coefficient (Wildman–Crippen LogP) is 1.57. The summed E-state index contributed by atoms with van der Waals surface area (Å²) >= 11 is 0. The fourth-order valence-electron chi connectivity index (χ4n) is 3.39. The number of hydrogen-bond donors (Lipinski definition) is 0. The molecule has 2 fully saturated rings. The van der Waals surface area contributed by atoms with Gasteiger partial charge in [-0.3, -0.25) is 9.80 Å². The first kappa shape index (κ1) is 12.2. The summed E-state index contributed by atoms with van der Waals surface area (Å²) in [5, 5.41) is 0. The molecule has 2 aliphatic heterocycles. The van der Waals surface area contributed by atoms with Gasteiger partial charge in [0.25, 0.3) is 0 Å². The zero-order valence-electron chi connectivity index (χ0n) is 11.2. The minimum absolute atomic E-state index is 0.546. The topological polar surface area (TPSA) is 28.9 Å². The Morgan fingerprint density at radius 2 is 2.00 bits per heavy atom. The third-order valence-electron chi connectivity index (χ3n) is 3.98. The number of furan rings is 1. The molecule has 1 aromatic rings. The first-order valence-electron chi connectivity index (χ1n) is 6.82. The van der Waals surface area contributed by atoms with Gasteiger partial charge in [0.2, 0.25) is 0 Å². The van der Waals surface area contributed by atoms with Crippen molar-refractivity contribution < 1.29 is 9.15 Å². The van der Waals surface area contributed by atoms with Crippen LogP contribution in [0.5, 0.6) is 0 Å². The van der Waals surface area contributed by atoms with Gasteiger partial charge in [0.1, 0.15) is 0 Å². The van der Waals surface area contributed by atoms with Crippen LogP contribution in [0.4, 0.5) is 0 Å². The molecule has 0 radical (unpaired) electrons. The van der Waals surface area contributed by atoms with E-state index in [0.717, 1.165) is 32.8 Å². The van der Waals surface area contributed by atoms with Crippen LogP contribution in [0.3, 0.4) is 0 Å². The van der Waals surface area contributed by atoms with Gasteiger partial charge in [-0.05, 0) is 19.9 Å². The van der Waals surface area contributed by atoms with Crippen molar-refractivity contribution in [3.8, 4) is 0 Å². The van der Waals surface area contributed by atoms with Gasteiger partial charge < -0.3 is 9.15 Å². The maximum Gasteiger partial charge on any atom is 0.0947 e. The maximum atomic E-state index is 5.71. The van der Waals surface area contributed by atoms with Gasteiger partial charge in [0.05, 0.1) is 25.7 Å². The Balaban J connectivity index is 1.68. The summed E-state index contributed by atoms with van der Waals surface area (Å²) in [5.41, 5.74) is 1.27. The first-order valence-corrected chi connectivity index (χ1v) is 6.82. The fourth-order valence-corrected chi connectivity index (χ4v) is 3.39. The summed E-state index contributed by atoms with van der Waals surface area (Å²) in [4.78, 5) is 5.16. The molecule has 18 heavy (non-hydrogen) atoms. The summed E-state index contributed by atoms with van der Waals surface area (Å²) < 4.78 is 10.9. The van der Waals surface area contributed by atoms with E-state index in [2.05, 4.69) is 29.7 Å². The van der Waals surface area contributed by atoms with Crippen LogP contribution in [0.1, 0.15) is 19.4 Å². The SMILES string of the molecule is CC(C)N1[C@H]2COC[C@H]1CN(Cc1ccoc1)C2. The number of hydrogen-bond acceptors (Lipinski definition) is 4. The van der Waals surface area contributed by atoms with Gasteiger partial charge in [-0.25, -0.2) is 0 Å². The van der Waals surface area contributed by atoms with Crippen LogP contribution >= 0.6 is 0 Å². The normalized spacial score (nSPS) is 29.9. The van der Waals surface area contributed by atoms with Crippen molar-refractivity contribution in [1.82, 2.24) is 9.80 Å². The molecule has 3 heterocycles. The molecular formula is C14H22N2O2. The molecular weight excluding hydrogens is 228 g/mol. The van der Waals surface area contributed by atoms with Crippen molar-refractivity contribution in [2.75, 3.05) is 26.3 Å². The minimum Gasteiger partial charge on any atom is -0.472 e. The highest BCUT2D eigenvalue weighted by Crippen LogP contribution is 2.24. The fraction of sp³-hybridized carbons (Fsp3) is 0.714. The molecule has 4 nitrogen and oxygen atoms in total. The zero-order chi connectivity index (χ0) is 12.5. The molecule has 2 aliphatic rings. The second-order valence-electron chi connectivity index (χ2n) is 5.71. The van der Waals surface area contributed by atoms with Crippen molar-refractivity contribution in [3.63, 3.8) is 0 Å². The van der Waals surface area contributed by atoms with E-state index in [1.807, 2.05) is 6.26 Å². The Morgan fingerprint density at radius 3 is 2.56 bits per heavy atom. The van der Waals surface area contributed by atoms with E-state index in [1.165, 1.54) is 5.56 Å². The van der Waals surface area contributed by atoms with Crippen LogP contribution in [0.15, 0.2) is 23.0 Å². The van der Waals surface area contributed by atoms with Crippen molar-refractivity contribution >= 4 is 0 Å². The molecule has 0 aliphatic carbocycles. The second kappa shape index (κ2) is 5.03. The lowest BCUT2D eigenvalue weighted by atomic mass is 10.0. The summed E-state index contributed by atoms with van der Waals surface area (Å²) in [6, 6.07) is 3.76. The zero-order valence-corrected chi connectivity index (χ0v) is 11.2. The van der Waals surface area contributed by atoms with E-state index in [-0.39, 0.29) is 0 Å². The molecule has 3 rings (SSSR count). The molecule has 2 atom stereocenters. The molecule has 0 unspecified atom stereocenters. The van der Waals surface area contributed by atoms with Crippen LogP contribution in [-0.2, 0) is 11.3 Å². The smallest absolute Gasteiger partial charge is 0.0947 e. The Morgan fingerprint density at radius 1 is 1.28 bits per heavy atom. The highest BCUT2D eigenvalue weighted by Gasteiger charge is 2.39. The third kappa shape index (κ3) is 2.32. The standard InChI is InChI=1S/C14H22N2O2/c1-11(2)16-13-6-15(5-12-3-4-17-8-12)7-14(16)10-18-9-13/h3-4,8,11,13-14H,5-7,9-10H2,1-2H3/t13-,14-/m1/s1. The molecule has 2 saturated heterocycles. The average Bonchev–Trinajstić information content (AvgIpc) is 2.80. The summed E-state index contributed by atoms with van der Waals surface area (Å²) in [7, 11) is 0. The highest BCUT2D eigenvalue weighted by atomic mass is 16.5. The van der Waals surface area contributed by atoms with Gasteiger partial charge in [0, 0.05) is 43.3 Å². The van der Waals surface area contributed by atoms with Crippen LogP contribution < -0.4 is 0 Å². The number of fused-ring (bicyclic) bond motifs is 2. The molecule has 0 aromatic carbocycles. The minimum atomic E-state index is 0.546. The third-order valence-corrected chi connectivity index (χ3v) is 3.98. The van der Waals surface area contributed by atoms with Crippen LogP contribution in [0.2, 0.25) is 0 Å². The highest BCUT2D eigenvalue weighted by molar-refractivity contribution is 5.06. The van der Waals surface area contributed by atoms with Gasteiger partial charge in [-0.1, -0.05) is 0 Å². The molecule has 0 spiro atoms. The van der Waals surface area contributed by atoms with Gasteiger partial charge in [-0.2, -0.15) is 0 Å². The number of nitrogens with zero attached hydrogens (tertiary/aromatic N) is 2. The molecule has 1 aromatic heterocycles. The van der Waals surface area contributed by atoms with Gasteiger partial charge in [0.15, 0.2) is 0 Å².